The molecule has 0 fully saturated rings. The molecule has 0 saturated carbocycles. The van der Waals surface area contributed by atoms with Gasteiger partial charge >= 0.3 is 0 Å². The molecule has 3 nitrogen and oxygen atoms in total. The van der Waals surface area contributed by atoms with E-state index in [-0.39, 0.29) is 5.78 Å². The summed E-state index contributed by atoms with van der Waals surface area (Å²) in [4.78, 5) is 15.2. The smallest absolute Gasteiger partial charge is 0.178 e. The van der Waals surface area contributed by atoms with Gasteiger partial charge < -0.3 is 10.3 Å². The van der Waals surface area contributed by atoms with Gasteiger partial charge in [-0.25, -0.2) is 0 Å². The average molecular weight is 244 g/mol. The number of carbonyl (C=O) groups is 1. The predicted molar refractivity (Wildman–Crippen MR) is 75.0 cm³/mol. The van der Waals surface area contributed by atoms with Gasteiger partial charge in [0, 0.05) is 22.7 Å². The number of nitrogens with one attached hydrogen (secondary N) is 2. The van der Waals surface area contributed by atoms with Gasteiger partial charge in [0.2, 0.25) is 0 Å². The molecule has 0 aliphatic heterocycles. The first-order valence-corrected chi connectivity index (χ1v) is 6.48. The topological polar surface area (TPSA) is 44.9 Å². The Kier molecular flexibility index (Phi) is 4.15. The van der Waals surface area contributed by atoms with Crippen molar-refractivity contribution in [3.05, 3.63) is 36.0 Å². The van der Waals surface area contributed by atoms with E-state index >= 15 is 0 Å². The molecule has 0 atom stereocenters. The molecule has 2 aromatic rings. The number of fused-ring (bicyclic) bond motifs is 1. The molecule has 18 heavy (non-hydrogen) atoms. The molecular formula is C15H20N2O. The second kappa shape index (κ2) is 5.83. The van der Waals surface area contributed by atoms with Gasteiger partial charge in [0.05, 0.1) is 6.54 Å². The van der Waals surface area contributed by atoms with Crippen LogP contribution in [0.4, 0.5) is 0 Å². The lowest BCUT2D eigenvalue weighted by Crippen LogP contribution is -2.24. The van der Waals surface area contributed by atoms with Crippen molar-refractivity contribution in [2.45, 2.75) is 20.3 Å². The first kappa shape index (κ1) is 12.8. The molecule has 3 heteroatoms. The number of Topliss-reactive ketones (excluding diaryl/α,β-unsaturated/α-hetero) is 1. The van der Waals surface area contributed by atoms with E-state index in [1.165, 1.54) is 0 Å². The molecule has 0 unspecified atom stereocenters. The van der Waals surface area contributed by atoms with E-state index in [1.807, 2.05) is 24.3 Å². The highest BCUT2D eigenvalue weighted by Crippen LogP contribution is 2.17. The minimum Gasteiger partial charge on any atom is -0.360 e. The van der Waals surface area contributed by atoms with Gasteiger partial charge in [0.15, 0.2) is 5.78 Å². The van der Waals surface area contributed by atoms with Crippen LogP contribution in [0.2, 0.25) is 0 Å². The normalized spacial score (nSPS) is 11.3. The molecular weight excluding hydrogens is 224 g/mol. The number of hydrogen-bond donors (Lipinski definition) is 2. The number of aromatic amines is 1. The third-order valence-corrected chi connectivity index (χ3v) is 3.07. The molecule has 0 bridgehead atoms. The van der Waals surface area contributed by atoms with E-state index < -0.39 is 0 Å². The second-order valence-corrected chi connectivity index (χ2v) is 5.03. The van der Waals surface area contributed by atoms with Crippen molar-refractivity contribution in [1.82, 2.24) is 10.3 Å². The molecule has 1 heterocycles. The Labute approximate surface area is 108 Å². The maximum atomic E-state index is 12.1. The Bertz CT molecular complexity index is 528. The quantitative estimate of drug-likeness (QED) is 0.606. The van der Waals surface area contributed by atoms with Crippen molar-refractivity contribution >= 4 is 16.7 Å². The third kappa shape index (κ3) is 2.99. The Morgan fingerprint density at radius 3 is 2.89 bits per heavy atom. The zero-order chi connectivity index (χ0) is 13.0. The van der Waals surface area contributed by atoms with Crippen LogP contribution in [-0.4, -0.2) is 23.9 Å². The van der Waals surface area contributed by atoms with Gasteiger partial charge in [-0.2, -0.15) is 0 Å². The van der Waals surface area contributed by atoms with Crippen LogP contribution in [0, 0.1) is 5.92 Å². The molecule has 0 radical (unpaired) electrons. The molecule has 1 aromatic carbocycles. The minimum atomic E-state index is 0.149. The molecule has 0 aliphatic rings. The summed E-state index contributed by atoms with van der Waals surface area (Å²) >= 11 is 0. The first-order chi connectivity index (χ1) is 8.68. The number of ketones is 1. The average Bonchev–Trinajstić information content (AvgIpc) is 2.78. The fraction of sp³-hybridized carbons (Fsp3) is 0.400. The number of benzene rings is 1. The predicted octanol–water partition coefficient (Wildman–Crippen LogP) is 2.99. The number of para-hydroxylation sites is 1. The SMILES string of the molecule is CC(C)CCNCC(=O)c1c[nH]c2ccccc12. The summed E-state index contributed by atoms with van der Waals surface area (Å²) in [6.07, 6.45) is 2.90. The van der Waals surface area contributed by atoms with Crippen LogP contribution in [0.15, 0.2) is 30.5 Å². The van der Waals surface area contributed by atoms with Crippen LogP contribution >= 0.6 is 0 Å². The fourth-order valence-corrected chi connectivity index (χ4v) is 1.99. The Balaban J connectivity index is 1.97. The van der Waals surface area contributed by atoms with Crippen LogP contribution < -0.4 is 5.32 Å². The highest BCUT2D eigenvalue weighted by molar-refractivity contribution is 6.08. The van der Waals surface area contributed by atoms with E-state index in [0.717, 1.165) is 29.4 Å². The van der Waals surface area contributed by atoms with Crippen LogP contribution in [0.5, 0.6) is 0 Å². The number of carbonyl (C=O) groups excluding carboxylic acids is 1. The molecule has 0 spiro atoms. The maximum absolute atomic E-state index is 12.1. The second-order valence-electron chi connectivity index (χ2n) is 5.03. The zero-order valence-corrected chi connectivity index (χ0v) is 11.0. The lowest BCUT2D eigenvalue weighted by molar-refractivity contribution is 0.0992. The lowest BCUT2D eigenvalue weighted by Gasteiger charge is -2.05. The van der Waals surface area contributed by atoms with E-state index in [4.69, 9.17) is 0 Å². The maximum Gasteiger partial charge on any atom is 0.178 e. The van der Waals surface area contributed by atoms with Crippen LogP contribution in [-0.2, 0) is 0 Å². The summed E-state index contributed by atoms with van der Waals surface area (Å²) < 4.78 is 0. The van der Waals surface area contributed by atoms with Crippen LogP contribution in [0.1, 0.15) is 30.6 Å². The third-order valence-electron chi connectivity index (χ3n) is 3.07. The van der Waals surface area contributed by atoms with Crippen LogP contribution in [0.25, 0.3) is 10.9 Å². The van der Waals surface area contributed by atoms with Crippen molar-refractivity contribution in [1.29, 1.82) is 0 Å². The highest BCUT2D eigenvalue weighted by Gasteiger charge is 2.10. The summed E-state index contributed by atoms with van der Waals surface area (Å²) in [5, 5.41) is 4.21. The lowest BCUT2D eigenvalue weighted by atomic mass is 10.1. The van der Waals surface area contributed by atoms with Gasteiger partial charge in [-0.3, -0.25) is 4.79 Å². The zero-order valence-electron chi connectivity index (χ0n) is 11.0. The monoisotopic (exact) mass is 244 g/mol. The summed E-state index contributed by atoms with van der Waals surface area (Å²) in [6, 6.07) is 7.89. The molecule has 0 amide bonds. The summed E-state index contributed by atoms with van der Waals surface area (Å²) in [7, 11) is 0. The van der Waals surface area contributed by atoms with Gasteiger partial charge in [0.25, 0.3) is 0 Å². The first-order valence-electron chi connectivity index (χ1n) is 6.48. The summed E-state index contributed by atoms with van der Waals surface area (Å²) in [5.74, 6) is 0.817. The van der Waals surface area contributed by atoms with E-state index in [2.05, 4.69) is 24.1 Å². The van der Waals surface area contributed by atoms with Crippen LogP contribution in [0.3, 0.4) is 0 Å². The summed E-state index contributed by atoms with van der Waals surface area (Å²) in [6.45, 7) is 5.67. The number of rotatable bonds is 6. The van der Waals surface area contributed by atoms with Crippen molar-refractivity contribution < 1.29 is 4.79 Å². The highest BCUT2D eigenvalue weighted by atomic mass is 16.1. The van der Waals surface area contributed by atoms with Gasteiger partial charge in [-0.05, 0) is 24.9 Å². The standard InChI is InChI=1S/C15H20N2O/c1-11(2)7-8-16-10-15(18)13-9-17-14-6-4-3-5-12(13)14/h3-6,9,11,16-17H,7-8,10H2,1-2H3. The molecule has 96 valence electrons. The summed E-state index contributed by atoms with van der Waals surface area (Å²) in [5.41, 5.74) is 1.80. The number of H-pyrrole nitrogens is 1. The number of hydrogen-bond acceptors (Lipinski definition) is 2. The molecule has 2 rings (SSSR count). The molecule has 0 saturated heterocycles. The van der Waals surface area contributed by atoms with Crippen molar-refractivity contribution in [2.24, 2.45) is 5.92 Å². The molecule has 1 aromatic heterocycles. The Morgan fingerprint density at radius 1 is 1.33 bits per heavy atom. The van der Waals surface area contributed by atoms with E-state index in [9.17, 15) is 4.79 Å². The van der Waals surface area contributed by atoms with E-state index in [1.54, 1.807) is 6.20 Å². The van der Waals surface area contributed by atoms with Crippen molar-refractivity contribution in [3.8, 4) is 0 Å². The fourth-order valence-electron chi connectivity index (χ4n) is 1.99. The number of aromatic nitrogens is 1. The molecule has 0 aliphatic carbocycles. The minimum absolute atomic E-state index is 0.149. The van der Waals surface area contributed by atoms with E-state index in [0.29, 0.717) is 12.5 Å². The van der Waals surface area contributed by atoms with Crippen molar-refractivity contribution in [2.75, 3.05) is 13.1 Å². The Hall–Kier alpha value is -1.61. The molecule has 2 N–H and O–H groups in total. The van der Waals surface area contributed by atoms with Gasteiger partial charge in [-0.1, -0.05) is 32.0 Å². The van der Waals surface area contributed by atoms with Crippen molar-refractivity contribution in [3.63, 3.8) is 0 Å². The largest absolute Gasteiger partial charge is 0.360 e. The van der Waals surface area contributed by atoms with Gasteiger partial charge in [-0.15, -0.1) is 0 Å². The Morgan fingerprint density at radius 2 is 2.11 bits per heavy atom. The van der Waals surface area contributed by atoms with Gasteiger partial charge in [0.1, 0.15) is 0 Å².